The van der Waals surface area contributed by atoms with Crippen molar-refractivity contribution in [1.82, 2.24) is 4.98 Å². The molecule has 3 heteroatoms. The number of rotatable bonds is 1. The summed E-state index contributed by atoms with van der Waals surface area (Å²) in [6.45, 7) is 0. The lowest BCUT2D eigenvalue weighted by molar-refractivity contribution is 0.650. The molecule has 0 spiro atoms. The van der Waals surface area contributed by atoms with Crippen molar-refractivity contribution >= 4 is 11.6 Å². The number of ether oxygens (including phenoxy) is 1. The van der Waals surface area contributed by atoms with Gasteiger partial charge < -0.3 is 4.74 Å². The predicted octanol–water partition coefficient (Wildman–Crippen LogP) is 3.61. The number of alkyl halides is 1. The number of fused-ring (bicyclic) bond motifs is 1. The Kier molecular flexibility index (Phi) is 3.20. The van der Waals surface area contributed by atoms with Crippen molar-refractivity contribution < 1.29 is 4.74 Å². The molecule has 2 aromatic rings. The molecule has 0 atom stereocenters. The highest BCUT2D eigenvalue weighted by Crippen LogP contribution is 2.43. The molecule has 1 aliphatic rings. The fraction of sp³-hybridized carbons (Fsp3) is 0.0833. The van der Waals surface area contributed by atoms with E-state index < -0.39 is 0 Å². The van der Waals surface area contributed by atoms with E-state index in [9.17, 15) is 0 Å². The summed E-state index contributed by atoms with van der Waals surface area (Å²) < 4.78 is 4.94. The fourth-order valence-corrected chi connectivity index (χ4v) is 1.25. The Morgan fingerprint density at radius 1 is 1.00 bits per heavy atom. The molecule has 2 nitrogen and oxygen atoms in total. The van der Waals surface area contributed by atoms with Crippen LogP contribution < -0.4 is 4.74 Å². The monoisotopic (exact) mass is 219 g/mol. The Balaban J connectivity index is 0.000000114. The second kappa shape index (κ2) is 4.80. The average Bonchev–Trinajstić information content (AvgIpc) is 3.10. The van der Waals surface area contributed by atoms with E-state index in [1.165, 1.54) is 0 Å². The van der Waals surface area contributed by atoms with E-state index in [2.05, 4.69) is 4.98 Å². The summed E-state index contributed by atoms with van der Waals surface area (Å²) in [6, 6.07) is 13.5. The molecule has 0 bridgehead atoms. The van der Waals surface area contributed by atoms with E-state index >= 15 is 0 Å². The molecule has 76 valence electrons. The molecule has 3 rings (SSSR count). The Morgan fingerprint density at radius 2 is 1.67 bits per heavy atom. The molecular formula is C12H10ClNO. The molecule has 0 radical (unpaired) electrons. The largest absolute Gasteiger partial charge is 0.450 e. The predicted molar refractivity (Wildman–Crippen MR) is 60.3 cm³/mol. The number of benzene rings is 1. The van der Waals surface area contributed by atoms with E-state index in [4.69, 9.17) is 16.3 Å². The maximum Gasteiger partial charge on any atom is 0.170 e. The van der Waals surface area contributed by atoms with Crippen LogP contribution in [0, 0.1) is 0 Å². The van der Waals surface area contributed by atoms with Gasteiger partial charge in [0.25, 0.3) is 0 Å². The molecule has 0 amide bonds. The minimum absolute atomic E-state index is 0.501. The quantitative estimate of drug-likeness (QED) is 0.462. The summed E-state index contributed by atoms with van der Waals surface area (Å²) in [7, 11) is 0. The summed E-state index contributed by atoms with van der Waals surface area (Å²) in [5.41, 5.74) is 0.925. The van der Waals surface area contributed by atoms with Crippen LogP contribution in [0.25, 0.3) is 0 Å². The molecule has 0 saturated heterocycles. The number of pyridine rings is 1. The first-order valence-corrected chi connectivity index (χ1v) is 5.16. The van der Waals surface area contributed by atoms with Crippen LogP contribution in [0.3, 0.4) is 0 Å². The standard InChI is InChI=1S/C6H6ClN.C6H4O/c7-5-6-3-1-2-4-8-6;1-2-4-6-5(3-1)7-6/h1-4H,5H2;1-4H. The molecule has 0 aliphatic carbocycles. The molecule has 1 aromatic heterocycles. The third kappa shape index (κ3) is 2.96. The van der Waals surface area contributed by atoms with Gasteiger partial charge >= 0.3 is 0 Å². The Labute approximate surface area is 93.5 Å². The van der Waals surface area contributed by atoms with E-state index in [0.717, 1.165) is 17.2 Å². The highest BCUT2D eigenvalue weighted by Gasteiger charge is 2.15. The zero-order valence-electron chi connectivity index (χ0n) is 8.06. The molecule has 0 N–H and O–H groups in total. The Bertz CT molecular complexity index is 410. The van der Waals surface area contributed by atoms with Gasteiger partial charge in [-0.1, -0.05) is 18.2 Å². The number of para-hydroxylation sites is 2. The van der Waals surface area contributed by atoms with Crippen molar-refractivity contribution in [2.45, 2.75) is 5.88 Å². The van der Waals surface area contributed by atoms with Crippen molar-refractivity contribution in [3.63, 3.8) is 0 Å². The van der Waals surface area contributed by atoms with Crippen molar-refractivity contribution in [1.29, 1.82) is 0 Å². The minimum atomic E-state index is 0.501. The van der Waals surface area contributed by atoms with Gasteiger partial charge in [-0.3, -0.25) is 4.98 Å². The van der Waals surface area contributed by atoms with Crippen molar-refractivity contribution in [3.05, 3.63) is 54.4 Å². The molecule has 1 aromatic carbocycles. The minimum Gasteiger partial charge on any atom is -0.450 e. The second-order valence-electron chi connectivity index (χ2n) is 3.00. The summed E-state index contributed by atoms with van der Waals surface area (Å²) >= 11 is 5.46. The van der Waals surface area contributed by atoms with Gasteiger partial charge in [0.05, 0.1) is 11.6 Å². The van der Waals surface area contributed by atoms with Crippen LogP contribution in [0.1, 0.15) is 5.69 Å². The zero-order valence-corrected chi connectivity index (χ0v) is 8.82. The Morgan fingerprint density at radius 3 is 2.07 bits per heavy atom. The van der Waals surface area contributed by atoms with Crippen LogP contribution in [0.2, 0.25) is 0 Å². The van der Waals surface area contributed by atoms with E-state index in [1.54, 1.807) is 6.20 Å². The topological polar surface area (TPSA) is 25.4 Å². The van der Waals surface area contributed by atoms with Crippen LogP contribution in [0.15, 0.2) is 48.7 Å². The van der Waals surface area contributed by atoms with E-state index in [-0.39, 0.29) is 0 Å². The third-order valence-corrected chi connectivity index (χ3v) is 2.16. The van der Waals surface area contributed by atoms with Crippen LogP contribution in [0.4, 0.5) is 0 Å². The third-order valence-electron chi connectivity index (χ3n) is 1.89. The van der Waals surface area contributed by atoms with Gasteiger partial charge in [0.2, 0.25) is 0 Å². The van der Waals surface area contributed by atoms with Crippen LogP contribution in [-0.4, -0.2) is 4.98 Å². The second-order valence-corrected chi connectivity index (χ2v) is 3.27. The lowest BCUT2D eigenvalue weighted by Crippen LogP contribution is -1.79. The Hall–Kier alpha value is -1.54. The van der Waals surface area contributed by atoms with Gasteiger partial charge in [0, 0.05) is 6.20 Å². The van der Waals surface area contributed by atoms with Crippen molar-refractivity contribution in [2.75, 3.05) is 0 Å². The van der Waals surface area contributed by atoms with Gasteiger partial charge in [0.15, 0.2) is 11.5 Å². The van der Waals surface area contributed by atoms with Gasteiger partial charge in [-0.05, 0) is 24.3 Å². The lowest BCUT2D eigenvalue weighted by atomic mass is 10.4. The highest BCUT2D eigenvalue weighted by molar-refractivity contribution is 6.16. The number of hydrogen-bond acceptors (Lipinski definition) is 2. The average molecular weight is 220 g/mol. The number of hydrogen-bond donors (Lipinski definition) is 0. The molecule has 0 saturated carbocycles. The van der Waals surface area contributed by atoms with Crippen LogP contribution in [-0.2, 0) is 5.88 Å². The summed E-state index contributed by atoms with van der Waals surface area (Å²) in [5.74, 6) is 2.56. The summed E-state index contributed by atoms with van der Waals surface area (Å²) in [5, 5.41) is 0. The lowest BCUT2D eigenvalue weighted by Gasteiger charge is -1.87. The smallest absolute Gasteiger partial charge is 0.170 e. The highest BCUT2D eigenvalue weighted by atomic mass is 35.5. The van der Waals surface area contributed by atoms with Crippen LogP contribution in [0.5, 0.6) is 11.5 Å². The number of halogens is 1. The fourth-order valence-electron chi connectivity index (χ4n) is 1.09. The number of aromatic nitrogens is 1. The zero-order chi connectivity index (χ0) is 10.5. The molecule has 15 heavy (non-hydrogen) atoms. The van der Waals surface area contributed by atoms with Gasteiger partial charge in [0.1, 0.15) is 0 Å². The maximum absolute atomic E-state index is 5.46. The van der Waals surface area contributed by atoms with E-state index in [0.29, 0.717) is 5.88 Å². The molecule has 0 unspecified atom stereocenters. The number of nitrogens with zero attached hydrogens (tertiary/aromatic N) is 1. The molecule has 1 aliphatic heterocycles. The van der Waals surface area contributed by atoms with Crippen molar-refractivity contribution in [2.24, 2.45) is 0 Å². The van der Waals surface area contributed by atoms with Gasteiger partial charge in [-0.2, -0.15) is 0 Å². The normalized spacial score (nSPS) is 10.5. The van der Waals surface area contributed by atoms with Crippen LogP contribution >= 0.6 is 11.6 Å². The summed E-state index contributed by atoms with van der Waals surface area (Å²) in [4.78, 5) is 3.97. The first kappa shape index (κ1) is 9.99. The van der Waals surface area contributed by atoms with E-state index in [1.807, 2.05) is 42.5 Å². The van der Waals surface area contributed by atoms with Gasteiger partial charge in [-0.15, -0.1) is 11.6 Å². The SMILES string of the molecule is ClCc1ccccn1.c1ccc2c(c1)O2. The molecule has 2 heterocycles. The van der Waals surface area contributed by atoms with Crippen molar-refractivity contribution in [3.8, 4) is 11.5 Å². The molecular weight excluding hydrogens is 210 g/mol. The molecule has 0 fully saturated rings. The maximum atomic E-state index is 5.46. The van der Waals surface area contributed by atoms with Gasteiger partial charge in [-0.25, -0.2) is 0 Å². The summed E-state index contributed by atoms with van der Waals surface area (Å²) in [6.07, 6.45) is 1.73. The first-order valence-electron chi connectivity index (χ1n) is 4.63. The first-order chi connectivity index (χ1) is 7.40.